The first kappa shape index (κ1) is 13.0. The summed E-state index contributed by atoms with van der Waals surface area (Å²) in [4.78, 5) is 14.4. The number of sulfonamides is 1. The van der Waals surface area contributed by atoms with Gasteiger partial charge in [-0.25, -0.2) is 18.1 Å². The fourth-order valence-electron chi connectivity index (χ4n) is 1.12. The molecule has 0 bridgehead atoms. The third-order valence-electron chi connectivity index (χ3n) is 1.66. The highest BCUT2D eigenvalue weighted by molar-refractivity contribution is 7.90. The summed E-state index contributed by atoms with van der Waals surface area (Å²) in [5.74, 6) is -0.851. The van der Waals surface area contributed by atoms with Crippen LogP contribution in [0.5, 0.6) is 0 Å². The Labute approximate surface area is 98.6 Å². The zero-order chi connectivity index (χ0) is 13.1. The molecule has 92 valence electrons. The van der Waals surface area contributed by atoms with Gasteiger partial charge in [0.25, 0.3) is 10.0 Å². The number of aliphatic imine (C=N–C) groups is 1. The van der Waals surface area contributed by atoms with E-state index in [1.807, 2.05) is 4.72 Å². The van der Waals surface area contributed by atoms with Crippen LogP contribution in [0.15, 0.2) is 34.2 Å². The van der Waals surface area contributed by atoms with Crippen LogP contribution < -0.4 is 16.2 Å². The van der Waals surface area contributed by atoms with Gasteiger partial charge in [0.05, 0.1) is 10.6 Å². The molecule has 0 heterocycles. The fraction of sp³-hybridized carbons (Fsp3) is 0.111. The molecule has 1 amide bonds. The third kappa shape index (κ3) is 3.76. The number of nitrogens with zero attached hydrogens (tertiary/aromatic N) is 1. The Kier molecular flexibility index (Phi) is 3.69. The Balaban J connectivity index is 3.16. The Morgan fingerprint density at radius 2 is 2.00 bits per heavy atom. The van der Waals surface area contributed by atoms with Gasteiger partial charge in [0, 0.05) is 6.92 Å². The first-order chi connectivity index (χ1) is 7.81. The quantitative estimate of drug-likeness (QED) is 0.492. The van der Waals surface area contributed by atoms with E-state index >= 15 is 0 Å². The molecule has 5 N–H and O–H groups in total. The van der Waals surface area contributed by atoms with Crippen molar-refractivity contribution in [2.75, 3.05) is 0 Å². The summed E-state index contributed by atoms with van der Waals surface area (Å²) in [5.41, 5.74) is 10.6. The number of benzene rings is 1. The molecule has 0 spiro atoms. The molecule has 0 aliphatic carbocycles. The first-order valence-corrected chi connectivity index (χ1v) is 6.02. The highest BCUT2D eigenvalue weighted by Gasteiger charge is 2.15. The Hall–Kier alpha value is -2.09. The second-order valence-electron chi connectivity index (χ2n) is 3.20. The van der Waals surface area contributed by atoms with Crippen molar-refractivity contribution in [2.24, 2.45) is 16.5 Å². The molecule has 1 aromatic carbocycles. The molecule has 0 atom stereocenters. The molecule has 1 rings (SSSR count). The summed E-state index contributed by atoms with van der Waals surface area (Å²) in [6.45, 7) is 1.11. The zero-order valence-corrected chi connectivity index (χ0v) is 9.86. The summed E-state index contributed by atoms with van der Waals surface area (Å²) in [7, 11) is -3.87. The van der Waals surface area contributed by atoms with Gasteiger partial charge >= 0.3 is 0 Å². The van der Waals surface area contributed by atoms with Crippen LogP contribution in [0.25, 0.3) is 0 Å². The molecule has 0 radical (unpaired) electrons. The minimum absolute atomic E-state index is 0.0878. The summed E-state index contributed by atoms with van der Waals surface area (Å²) in [6, 6.07) is 5.59. The second kappa shape index (κ2) is 4.83. The summed E-state index contributed by atoms with van der Waals surface area (Å²) >= 11 is 0. The van der Waals surface area contributed by atoms with Gasteiger partial charge < -0.3 is 11.5 Å². The van der Waals surface area contributed by atoms with E-state index in [0.29, 0.717) is 0 Å². The van der Waals surface area contributed by atoms with Crippen molar-refractivity contribution in [3.05, 3.63) is 24.3 Å². The van der Waals surface area contributed by atoms with Crippen LogP contribution in [0.3, 0.4) is 0 Å². The maximum Gasteiger partial charge on any atom is 0.264 e. The van der Waals surface area contributed by atoms with Crippen LogP contribution >= 0.6 is 0 Å². The number of amides is 1. The lowest BCUT2D eigenvalue weighted by atomic mass is 10.3. The van der Waals surface area contributed by atoms with Gasteiger partial charge in [-0.1, -0.05) is 6.07 Å². The highest BCUT2D eigenvalue weighted by Crippen LogP contribution is 2.17. The van der Waals surface area contributed by atoms with E-state index in [9.17, 15) is 13.2 Å². The molecule has 0 saturated heterocycles. The minimum atomic E-state index is -3.87. The molecule has 17 heavy (non-hydrogen) atoms. The lowest BCUT2D eigenvalue weighted by Gasteiger charge is -2.05. The molecule has 0 unspecified atom stereocenters. The van der Waals surface area contributed by atoms with Crippen LogP contribution in [-0.4, -0.2) is 20.3 Å². The number of carbonyl (C=O) groups is 1. The maximum absolute atomic E-state index is 11.6. The predicted octanol–water partition coefficient (Wildman–Crippen LogP) is -0.584. The van der Waals surface area contributed by atoms with Gasteiger partial charge in [0.2, 0.25) is 5.91 Å². The fourth-order valence-corrected chi connectivity index (χ4v) is 2.15. The van der Waals surface area contributed by atoms with Gasteiger partial charge in [-0.2, -0.15) is 0 Å². The van der Waals surface area contributed by atoms with Crippen molar-refractivity contribution < 1.29 is 13.2 Å². The van der Waals surface area contributed by atoms with Gasteiger partial charge in [0.15, 0.2) is 5.96 Å². The Morgan fingerprint density at radius 3 is 2.53 bits per heavy atom. The average molecular weight is 256 g/mol. The van der Waals surface area contributed by atoms with E-state index in [1.165, 1.54) is 24.3 Å². The molecule has 0 fully saturated rings. The zero-order valence-electron chi connectivity index (χ0n) is 9.04. The highest BCUT2D eigenvalue weighted by atomic mass is 32.2. The number of nitrogens with two attached hydrogens (primary N) is 2. The Morgan fingerprint density at radius 1 is 1.35 bits per heavy atom. The van der Waals surface area contributed by atoms with Crippen molar-refractivity contribution in [2.45, 2.75) is 11.8 Å². The van der Waals surface area contributed by atoms with Crippen LogP contribution in [-0.2, 0) is 14.8 Å². The van der Waals surface area contributed by atoms with Crippen molar-refractivity contribution in [1.29, 1.82) is 0 Å². The molecule has 0 aromatic heterocycles. The number of hydrogen-bond donors (Lipinski definition) is 3. The van der Waals surface area contributed by atoms with Gasteiger partial charge in [0.1, 0.15) is 0 Å². The molecule has 0 saturated carbocycles. The summed E-state index contributed by atoms with van der Waals surface area (Å²) in [6.07, 6.45) is 0. The first-order valence-electron chi connectivity index (χ1n) is 4.54. The lowest BCUT2D eigenvalue weighted by molar-refractivity contribution is -0.117. The molecular formula is C9H12N4O3S. The average Bonchev–Trinajstić information content (AvgIpc) is 2.15. The van der Waals surface area contributed by atoms with Crippen LogP contribution in [0.1, 0.15) is 6.92 Å². The van der Waals surface area contributed by atoms with E-state index < -0.39 is 15.9 Å². The van der Waals surface area contributed by atoms with Gasteiger partial charge in [-0.3, -0.25) is 4.79 Å². The molecule has 1 aromatic rings. The summed E-state index contributed by atoms with van der Waals surface area (Å²) < 4.78 is 25.1. The van der Waals surface area contributed by atoms with Crippen LogP contribution in [0.4, 0.5) is 5.69 Å². The van der Waals surface area contributed by atoms with Crippen molar-refractivity contribution in [3.8, 4) is 0 Å². The van der Waals surface area contributed by atoms with Crippen molar-refractivity contribution in [1.82, 2.24) is 4.72 Å². The van der Waals surface area contributed by atoms with E-state index in [0.717, 1.165) is 6.92 Å². The van der Waals surface area contributed by atoms with Crippen LogP contribution in [0, 0.1) is 0 Å². The van der Waals surface area contributed by atoms with Crippen molar-refractivity contribution in [3.63, 3.8) is 0 Å². The maximum atomic E-state index is 11.6. The van der Waals surface area contributed by atoms with Gasteiger partial charge in [-0.15, -0.1) is 0 Å². The number of nitrogens with one attached hydrogen (secondary N) is 1. The smallest absolute Gasteiger partial charge is 0.264 e. The van der Waals surface area contributed by atoms with E-state index in [4.69, 9.17) is 11.5 Å². The minimum Gasteiger partial charge on any atom is -0.370 e. The predicted molar refractivity (Wildman–Crippen MR) is 62.9 cm³/mol. The van der Waals surface area contributed by atoms with Crippen LogP contribution in [0.2, 0.25) is 0 Å². The molecule has 0 aliphatic heterocycles. The van der Waals surface area contributed by atoms with Crippen molar-refractivity contribution >= 4 is 27.6 Å². The number of rotatable bonds is 3. The molecule has 7 nitrogen and oxygen atoms in total. The number of guanidine groups is 1. The van der Waals surface area contributed by atoms with E-state index in [1.54, 1.807) is 0 Å². The standard InChI is InChI=1S/C9H12N4O3S/c1-6(14)13-17(15,16)8-4-2-3-7(5-8)12-9(10)11/h2-5H,1H3,(H,13,14)(H4,10,11,12). The Bertz CT molecular complexity index is 561. The normalized spacial score (nSPS) is 10.6. The van der Waals surface area contributed by atoms with E-state index in [-0.39, 0.29) is 16.5 Å². The monoisotopic (exact) mass is 256 g/mol. The topological polar surface area (TPSA) is 128 Å². The molecule has 8 heteroatoms. The largest absolute Gasteiger partial charge is 0.370 e. The van der Waals surface area contributed by atoms with E-state index in [2.05, 4.69) is 4.99 Å². The third-order valence-corrected chi connectivity index (χ3v) is 3.09. The lowest BCUT2D eigenvalue weighted by Crippen LogP contribution is -2.28. The second-order valence-corrected chi connectivity index (χ2v) is 4.88. The van der Waals surface area contributed by atoms with Gasteiger partial charge in [-0.05, 0) is 18.2 Å². The molecule has 0 aliphatic rings. The molecular weight excluding hydrogens is 244 g/mol. The summed E-state index contributed by atoms with van der Waals surface area (Å²) in [5, 5.41) is 0. The SMILES string of the molecule is CC(=O)NS(=O)(=O)c1cccc(N=C(N)N)c1. The number of carbonyl (C=O) groups excluding carboxylic acids is 1. The number of hydrogen-bond acceptors (Lipinski definition) is 4.